The van der Waals surface area contributed by atoms with Gasteiger partial charge in [0.05, 0.1) is 17.0 Å². The standard InChI is InChI=1S/C19H19F2N5O2/c1-11-9-24-18(25-15(8-22)10-23-14-6-19(20,21)7-14)26-16(11)12-2-4-13(5-3-12)17(27)28/h2-5,8-10,14,22-23H,6-7H2,1H3,(H,27,28)(H,24,25,26)/b15-10+,22-8?. The van der Waals surface area contributed by atoms with Crippen LogP contribution in [0.2, 0.25) is 0 Å². The number of rotatable bonds is 7. The third-order valence-corrected chi connectivity index (χ3v) is 4.35. The molecule has 0 spiro atoms. The molecule has 7 nitrogen and oxygen atoms in total. The zero-order chi connectivity index (χ0) is 20.3. The lowest BCUT2D eigenvalue weighted by Crippen LogP contribution is -2.46. The molecule has 1 saturated carbocycles. The van der Waals surface area contributed by atoms with Gasteiger partial charge in [-0.1, -0.05) is 12.1 Å². The molecular formula is C19H19F2N5O2. The van der Waals surface area contributed by atoms with Crippen LogP contribution in [0.3, 0.4) is 0 Å². The van der Waals surface area contributed by atoms with Gasteiger partial charge < -0.3 is 21.1 Å². The number of halogens is 2. The molecule has 146 valence electrons. The number of hydrogen-bond donors (Lipinski definition) is 4. The Hall–Kier alpha value is -3.36. The maximum Gasteiger partial charge on any atom is 0.335 e. The minimum absolute atomic E-state index is 0.176. The van der Waals surface area contributed by atoms with Gasteiger partial charge in [0.1, 0.15) is 0 Å². The maximum absolute atomic E-state index is 12.9. The summed E-state index contributed by atoms with van der Waals surface area (Å²) in [7, 11) is 0. The summed E-state index contributed by atoms with van der Waals surface area (Å²) in [6, 6.07) is 5.98. The Morgan fingerprint density at radius 1 is 1.32 bits per heavy atom. The third kappa shape index (κ3) is 4.48. The topological polar surface area (TPSA) is 111 Å². The molecule has 0 bridgehead atoms. The number of carboxylic acids is 1. The summed E-state index contributed by atoms with van der Waals surface area (Å²) < 4.78 is 25.8. The highest BCUT2D eigenvalue weighted by atomic mass is 19.3. The second kappa shape index (κ2) is 7.71. The van der Waals surface area contributed by atoms with Gasteiger partial charge >= 0.3 is 5.97 Å². The van der Waals surface area contributed by atoms with Gasteiger partial charge in [-0.2, -0.15) is 0 Å². The van der Waals surface area contributed by atoms with Gasteiger partial charge in [-0.3, -0.25) is 0 Å². The molecule has 1 fully saturated rings. The Morgan fingerprint density at radius 2 is 2.00 bits per heavy atom. The lowest BCUT2D eigenvalue weighted by Gasteiger charge is -2.35. The summed E-state index contributed by atoms with van der Waals surface area (Å²) in [5.74, 6) is -3.39. The second-order valence-electron chi connectivity index (χ2n) is 6.60. The van der Waals surface area contributed by atoms with Crippen molar-refractivity contribution in [3.8, 4) is 11.3 Å². The number of aromatic carboxylic acids is 1. The highest BCUT2D eigenvalue weighted by Gasteiger charge is 2.44. The fourth-order valence-corrected chi connectivity index (χ4v) is 2.79. The minimum Gasteiger partial charge on any atom is -0.478 e. The fourth-order valence-electron chi connectivity index (χ4n) is 2.79. The first-order chi connectivity index (χ1) is 13.3. The van der Waals surface area contributed by atoms with Crippen molar-refractivity contribution in [2.45, 2.75) is 31.7 Å². The van der Waals surface area contributed by atoms with Crippen molar-refractivity contribution in [2.75, 3.05) is 5.32 Å². The molecule has 1 aliphatic carbocycles. The lowest BCUT2D eigenvalue weighted by molar-refractivity contribution is -0.0898. The normalized spacial score (nSPS) is 16.2. The highest BCUT2D eigenvalue weighted by molar-refractivity contribution is 5.88. The van der Waals surface area contributed by atoms with E-state index < -0.39 is 11.9 Å². The molecule has 3 rings (SSSR count). The van der Waals surface area contributed by atoms with Crippen molar-refractivity contribution in [3.05, 3.63) is 53.5 Å². The van der Waals surface area contributed by atoms with Crippen LogP contribution >= 0.6 is 0 Å². The average molecular weight is 387 g/mol. The van der Waals surface area contributed by atoms with Crippen LogP contribution < -0.4 is 10.6 Å². The number of allylic oxidation sites excluding steroid dienone is 1. The molecule has 0 unspecified atom stereocenters. The van der Waals surface area contributed by atoms with Crippen molar-refractivity contribution in [3.63, 3.8) is 0 Å². The Balaban J connectivity index is 1.74. The molecule has 1 aromatic carbocycles. The Bertz CT molecular complexity index is 920. The van der Waals surface area contributed by atoms with Gasteiger partial charge in [0, 0.05) is 43.1 Å². The Labute approximate surface area is 160 Å². The molecule has 9 heteroatoms. The fraction of sp³-hybridized carbons (Fsp3) is 0.263. The summed E-state index contributed by atoms with van der Waals surface area (Å²) >= 11 is 0. The van der Waals surface area contributed by atoms with Gasteiger partial charge in [0.25, 0.3) is 5.92 Å². The van der Waals surface area contributed by atoms with Crippen molar-refractivity contribution < 1.29 is 18.7 Å². The minimum atomic E-state index is -2.62. The SMILES string of the molecule is Cc1cnc(N/C(C=N)=C/NC2CC(F)(F)C2)nc1-c1ccc(C(=O)O)cc1. The zero-order valence-corrected chi connectivity index (χ0v) is 15.0. The molecule has 1 aromatic heterocycles. The van der Waals surface area contributed by atoms with Crippen LogP contribution in [0.4, 0.5) is 14.7 Å². The van der Waals surface area contributed by atoms with Gasteiger partial charge in [0.2, 0.25) is 5.95 Å². The molecule has 2 aromatic rings. The van der Waals surface area contributed by atoms with Crippen molar-refractivity contribution in [1.82, 2.24) is 15.3 Å². The number of aryl methyl sites for hydroxylation is 1. The van der Waals surface area contributed by atoms with Crippen LogP contribution in [0.1, 0.15) is 28.8 Å². The van der Waals surface area contributed by atoms with Crippen LogP contribution in [0.15, 0.2) is 42.4 Å². The Morgan fingerprint density at radius 3 is 2.57 bits per heavy atom. The molecule has 28 heavy (non-hydrogen) atoms. The number of alkyl halides is 2. The quantitative estimate of drug-likeness (QED) is 0.542. The number of hydrogen-bond acceptors (Lipinski definition) is 6. The smallest absolute Gasteiger partial charge is 0.335 e. The highest BCUT2D eigenvalue weighted by Crippen LogP contribution is 2.37. The summed E-state index contributed by atoms with van der Waals surface area (Å²) in [5, 5.41) is 22.2. The summed E-state index contributed by atoms with van der Waals surface area (Å²) in [5.41, 5.74) is 2.64. The van der Waals surface area contributed by atoms with E-state index in [1.807, 2.05) is 6.92 Å². The van der Waals surface area contributed by atoms with Crippen LogP contribution in [-0.2, 0) is 0 Å². The number of aromatic nitrogens is 2. The van der Waals surface area contributed by atoms with E-state index in [0.29, 0.717) is 11.4 Å². The van der Waals surface area contributed by atoms with Gasteiger partial charge in [-0.25, -0.2) is 23.5 Å². The first-order valence-corrected chi connectivity index (χ1v) is 8.56. The van der Waals surface area contributed by atoms with E-state index in [1.54, 1.807) is 18.3 Å². The van der Waals surface area contributed by atoms with E-state index in [4.69, 9.17) is 10.5 Å². The number of carbonyl (C=O) groups is 1. The van der Waals surface area contributed by atoms with Gasteiger partial charge in [-0.15, -0.1) is 0 Å². The number of carboxylic acid groups (broad SMARTS) is 1. The molecule has 0 amide bonds. The van der Waals surface area contributed by atoms with Crippen LogP contribution in [0.5, 0.6) is 0 Å². The predicted octanol–water partition coefficient (Wildman–Crippen LogP) is 3.44. The molecule has 0 radical (unpaired) electrons. The van der Waals surface area contributed by atoms with Crippen molar-refractivity contribution in [2.24, 2.45) is 0 Å². The van der Waals surface area contributed by atoms with Crippen LogP contribution in [0.25, 0.3) is 11.3 Å². The van der Waals surface area contributed by atoms with E-state index in [0.717, 1.165) is 17.3 Å². The molecular weight excluding hydrogens is 368 g/mol. The van der Waals surface area contributed by atoms with Gasteiger partial charge in [-0.05, 0) is 24.6 Å². The molecule has 0 aliphatic heterocycles. The third-order valence-electron chi connectivity index (χ3n) is 4.35. The first kappa shape index (κ1) is 19.4. The Kier molecular flexibility index (Phi) is 5.34. The summed E-state index contributed by atoms with van der Waals surface area (Å²) in [4.78, 5) is 19.6. The van der Waals surface area contributed by atoms with E-state index in [2.05, 4.69) is 20.6 Å². The monoisotopic (exact) mass is 387 g/mol. The molecule has 1 aliphatic rings. The maximum atomic E-state index is 12.9. The first-order valence-electron chi connectivity index (χ1n) is 8.56. The molecule has 4 N–H and O–H groups in total. The van der Waals surface area contributed by atoms with Crippen molar-refractivity contribution in [1.29, 1.82) is 5.41 Å². The second-order valence-corrected chi connectivity index (χ2v) is 6.60. The van der Waals surface area contributed by atoms with E-state index in [-0.39, 0.29) is 30.4 Å². The largest absolute Gasteiger partial charge is 0.478 e. The number of nitrogens with one attached hydrogen (secondary N) is 3. The average Bonchev–Trinajstić information content (AvgIpc) is 2.64. The summed E-state index contributed by atoms with van der Waals surface area (Å²) in [6.45, 7) is 1.83. The molecule has 0 saturated heterocycles. The van der Waals surface area contributed by atoms with Crippen LogP contribution in [0, 0.1) is 12.3 Å². The van der Waals surface area contributed by atoms with E-state index in [1.165, 1.54) is 18.3 Å². The number of nitrogens with zero attached hydrogens (tertiary/aromatic N) is 2. The zero-order valence-electron chi connectivity index (χ0n) is 15.0. The number of anilines is 1. The molecule has 0 atom stereocenters. The van der Waals surface area contributed by atoms with E-state index in [9.17, 15) is 13.6 Å². The summed E-state index contributed by atoms with van der Waals surface area (Å²) in [6.07, 6.45) is 3.64. The van der Waals surface area contributed by atoms with E-state index >= 15 is 0 Å². The predicted molar refractivity (Wildman–Crippen MR) is 101 cm³/mol. The lowest BCUT2D eigenvalue weighted by atomic mass is 9.88. The van der Waals surface area contributed by atoms with Gasteiger partial charge in [0.15, 0.2) is 0 Å². The van der Waals surface area contributed by atoms with Crippen molar-refractivity contribution >= 4 is 18.1 Å². The number of benzene rings is 1. The molecule has 1 heterocycles. The van der Waals surface area contributed by atoms with Crippen LogP contribution in [-0.4, -0.2) is 39.2 Å².